The fourth-order valence-electron chi connectivity index (χ4n) is 1.40. The molecule has 3 heteroatoms. The second kappa shape index (κ2) is 4.31. The second-order valence-electron chi connectivity index (χ2n) is 3.93. The summed E-state index contributed by atoms with van der Waals surface area (Å²) in [5.74, 6) is 0.147. The molecule has 0 saturated carbocycles. The lowest BCUT2D eigenvalue weighted by Crippen LogP contribution is -2.15. The third-order valence-corrected chi connectivity index (χ3v) is 2.31. The summed E-state index contributed by atoms with van der Waals surface area (Å²) in [6.45, 7) is 3.61. The molecule has 16 heavy (non-hydrogen) atoms. The lowest BCUT2D eigenvalue weighted by atomic mass is 10.1. The van der Waals surface area contributed by atoms with Crippen LogP contribution >= 0.6 is 0 Å². The van der Waals surface area contributed by atoms with Crippen molar-refractivity contribution in [1.29, 1.82) is 0 Å². The lowest BCUT2D eigenvalue weighted by Gasteiger charge is -2.08. The summed E-state index contributed by atoms with van der Waals surface area (Å²) >= 11 is 0. The zero-order valence-corrected chi connectivity index (χ0v) is 9.31. The molecule has 82 valence electrons. The van der Waals surface area contributed by atoms with Crippen LogP contribution < -0.4 is 4.74 Å². The van der Waals surface area contributed by atoms with Gasteiger partial charge in [-0.15, -0.1) is 0 Å². The molecule has 2 aromatic rings. The quantitative estimate of drug-likeness (QED) is 0.723. The lowest BCUT2D eigenvalue weighted by molar-refractivity contribution is -0.137. The smallest absolute Gasteiger partial charge is 0.313 e. The maximum atomic E-state index is 11.5. The molecule has 2 rings (SSSR count). The molecule has 0 spiro atoms. The van der Waals surface area contributed by atoms with E-state index < -0.39 is 0 Å². The van der Waals surface area contributed by atoms with Crippen LogP contribution in [0.4, 0.5) is 0 Å². The average molecular weight is 215 g/mol. The standard InChI is InChI=1S/C13H13NO2/c1-9(2)13(15)16-12-8-14-7-10-5-3-4-6-11(10)12/h3-9H,1-2H3. The fraction of sp³-hybridized carbons (Fsp3) is 0.231. The van der Waals surface area contributed by atoms with Crippen LogP contribution in [0, 0.1) is 5.92 Å². The van der Waals surface area contributed by atoms with Gasteiger partial charge in [-0.2, -0.15) is 0 Å². The van der Waals surface area contributed by atoms with Crippen molar-refractivity contribution in [2.45, 2.75) is 13.8 Å². The van der Waals surface area contributed by atoms with Crippen LogP contribution in [0.25, 0.3) is 10.8 Å². The largest absolute Gasteiger partial charge is 0.424 e. The summed E-state index contributed by atoms with van der Waals surface area (Å²) in [6, 6.07) is 7.70. The zero-order valence-electron chi connectivity index (χ0n) is 9.31. The number of rotatable bonds is 2. The summed E-state index contributed by atoms with van der Waals surface area (Å²) in [7, 11) is 0. The van der Waals surface area contributed by atoms with Gasteiger partial charge in [0.05, 0.1) is 12.1 Å². The number of benzene rings is 1. The normalized spacial score (nSPS) is 10.7. The minimum absolute atomic E-state index is 0.140. The van der Waals surface area contributed by atoms with E-state index in [2.05, 4.69) is 4.98 Å². The summed E-state index contributed by atoms with van der Waals surface area (Å²) in [6.07, 6.45) is 3.32. The average Bonchev–Trinajstić information content (AvgIpc) is 2.29. The van der Waals surface area contributed by atoms with Gasteiger partial charge < -0.3 is 4.74 Å². The Morgan fingerprint density at radius 2 is 2.00 bits per heavy atom. The van der Waals surface area contributed by atoms with Gasteiger partial charge in [0.1, 0.15) is 0 Å². The van der Waals surface area contributed by atoms with Gasteiger partial charge in [0.2, 0.25) is 0 Å². The molecule has 3 nitrogen and oxygen atoms in total. The first-order valence-electron chi connectivity index (χ1n) is 5.23. The van der Waals surface area contributed by atoms with Gasteiger partial charge in [-0.25, -0.2) is 0 Å². The van der Waals surface area contributed by atoms with Gasteiger partial charge >= 0.3 is 5.97 Å². The van der Waals surface area contributed by atoms with Gasteiger partial charge in [-0.3, -0.25) is 9.78 Å². The molecule has 0 aliphatic rings. The number of fused-ring (bicyclic) bond motifs is 1. The van der Waals surface area contributed by atoms with Crippen molar-refractivity contribution in [3.63, 3.8) is 0 Å². The van der Waals surface area contributed by atoms with Crippen molar-refractivity contribution in [1.82, 2.24) is 4.98 Å². The molecule has 0 bridgehead atoms. The minimum Gasteiger partial charge on any atom is -0.424 e. The topological polar surface area (TPSA) is 39.2 Å². The SMILES string of the molecule is CC(C)C(=O)Oc1cncc2ccccc12. The van der Waals surface area contributed by atoms with E-state index in [1.807, 2.05) is 24.3 Å². The van der Waals surface area contributed by atoms with E-state index in [9.17, 15) is 4.79 Å². The monoisotopic (exact) mass is 215 g/mol. The molecule has 0 aliphatic heterocycles. The molecule has 0 fully saturated rings. The highest BCUT2D eigenvalue weighted by Gasteiger charge is 2.11. The molecule has 1 aromatic heterocycles. The molecule has 0 radical (unpaired) electrons. The van der Waals surface area contributed by atoms with E-state index in [1.54, 1.807) is 26.2 Å². The maximum Gasteiger partial charge on any atom is 0.313 e. The number of carbonyl (C=O) groups excluding carboxylic acids is 1. The number of carbonyl (C=O) groups is 1. The predicted octanol–water partition coefficient (Wildman–Crippen LogP) is 2.80. The van der Waals surface area contributed by atoms with Crippen molar-refractivity contribution in [2.75, 3.05) is 0 Å². The number of esters is 1. The zero-order chi connectivity index (χ0) is 11.5. The van der Waals surface area contributed by atoms with Crippen LogP contribution in [0.2, 0.25) is 0 Å². The number of nitrogens with zero attached hydrogens (tertiary/aromatic N) is 1. The fourth-order valence-corrected chi connectivity index (χ4v) is 1.40. The molecular weight excluding hydrogens is 202 g/mol. The van der Waals surface area contributed by atoms with Crippen molar-refractivity contribution in [2.24, 2.45) is 5.92 Å². The first-order valence-corrected chi connectivity index (χ1v) is 5.23. The van der Waals surface area contributed by atoms with Crippen molar-refractivity contribution >= 4 is 16.7 Å². The second-order valence-corrected chi connectivity index (χ2v) is 3.93. The highest BCUT2D eigenvalue weighted by Crippen LogP contribution is 2.24. The molecule has 0 aliphatic carbocycles. The van der Waals surface area contributed by atoms with Crippen LogP contribution in [0.5, 0.6) is 5.75 Å². The molecule has 0 N–H and O–H groups in total. The Morgan fingerprint density at radius 3 is 2.75 bits per heavy atom. The Bertz CT molecular complexity index is 515. The molecule has 0 amide bonds. The highest BCUT2D eigenvalue weighted by molar-refractivity contribution is 5.89. The highest BCUT2D eigenvalue weighted by atomic mass is 16.5. The third-order valence-electron chi connectivity index (χ3n) is 2.31. The molecule has 1 heterocycles. The first kappa shape index (κ1) is 10.6. The molecule has 0 unspecified atom stereocenters. The summed E-state index contributed by atoms with van der Waals surface area (Å²) in [5, 5.41) is 1.88. The number of pyridine rings is 1. The van der Waals surface area contributed by atoms with Crippen LogP contribution in [-0.2, 0) is 4.79 Å². The summed E-state index contributed by atoms with van der Waals surface area (Å²) < 4.78 is 5.29. The van der Waals surface area contributed by atoms with Crippen molar-refractivity contribution < 1.29 is 9.53 Å². The van der Waals surface area contributed by atoms with Crippen LogP contribution in [0.1, 0.15) is 13.8 Å². The Hall–Kier alpha value is -1.90. The molecule has 1 aromatic carbocycles. The van der Waals surface area contributed by atoms with Gasteiger partial charge in [-0.05, 0) is 0 Å². The maximum absolute atomic E-state index is 11.5. The van der Waals surface area contributed by atoms with Gasteiger partial charge in [0.15, 0.2) is 5.75 Å². The molecular formula is C13H13NO2. The van der Waals surface area contributed by atoms with E-state index in [4.69, 9.17) is 4.74 Å². The Balaban J connectivity index is 2.41. The number of aromatic nitrogens is 1. The van der Waals surface area contributed by atoms with E-state index >= 15 is 0 Å². The predicted molar refractivity (Wildman–Crippen MR) is 62.2 cm³/mol. The number of ether oxygens (including phenoxy) is 1. The molecule has 0 atom stereocenters. The van der Waals surface area contributed by atoms with Crippen molar-refractivity contribution in [3.05, 3.63) is 36.7 Å². The number of hydrogen-bond donors (Lipinski definition) is 0. The molecule has 0 saturated heterocycles. The van der Waals surface area contributed by atoms with Crippen LogP contribution in [-0.4, -0.2) is 11.0 Å². The first-order chi connectivity index (χ1) is 7.68. The Kier molecular flexibility index (Phi) is 2.86. The minimum atomic E-state index is -0.238. The van der Waals surface area contributed by atoms with Gasteiger partial charge in [0, 0.05) is 17.0 Å². The summed E-state index contributed by atoms with van der Waals surface area (Å²) in [5.41, 5.74) is 0. The van der Waals surface area contributed by atoms with E-state index in [-0.39, 0.29) is 11.9 Å². The van der Waals surface area contributed by atoms with Gasteiger partial charge in [0.25, 0.3) is 0 Å². The Morgan fingerprint density at radius 1 is 1.25 bits per heavy atom. The third kappa shape index (κ3) is 2.03. The van der Waals surface area contributed by atoms with Gasteiger partial charge in [-0.1, -0.05) is 38.1 Å². The van der Waals surface area contributed by atoms with E-state index in [1.165, 1.54) is 0 Å². The summed E-state index contributed by atoms with van der Waals surface area (Å²) in [4.78, 5) is 15.6. The van der Waals surface area contributed by atoms with Crippen LogP contribution in [0.3, 0.4) is 0 Å². The van der Waals surface area contributed by atoms with Crippen LogP contribution in [0.15, 0.2) is 36.7 Å². The van der Waals surface area contributed by atoms with E-state index in [0.717, 1.165) is 10.8 Å². The Labute approximate surface area is 94.1 Å². The number of hydrogen-bond acceptors (Lipinski definition) is 3. The van der Waals surface area contributed by atoms with E-state index in [0.29, 0.717) is 5.75 Å². The van der Waals surface area contributed by atoms with Crippen molar-refractivity contribution in [3.8, 4) is 5.75 Å².